The van der Waals surface area contributed by atoms with Gasteiger partial charge in [0.05, 0.1) is 13.2 Å². The second-order valence-corrected chi connectivity index (χ2v) is 9.02. The van der Waals surface area contributed by atoms with E-state index in [1.807, 2.05) is 62.4 Å². The Morgan fingerprint density at radius 2 is 1.13 bits per heavy atom. The molecule has 0 atom stereocenters. The summed E-state index contributed by atoms with van der Waals surface area (Å²) in [5, 5.41) is 0. The van der Waals surface area contributed by atoms with Gasteiger partial charge in [0.1, 0.15) is 5.56 Å². The maximum absolute atomic E-state index is 13.4. The molecule has 1 aliphatic rings. The summed E-state index contributed by atoms with van der Waals surface area (Å²) in [4.78, 5) is 24.3. The monoisotopic (exact) mass is 518 g/mol. The first-order valence-corrected chi connectivity index (χ1v) is 13.8. The van der Waals surface area contributed by atoms with Gasteiger partial charge in [-0.05, 0) is 64.4 Å². The Bertz CT molecular complexity index is 1200. The van der Waals surface area contributed by atoms with Crippen LogP contribution in [0.5, 0.6) is 11.5 Å². The van der Waals surface area contributed by atoms with Crippen LogP contribution < -0.4 is 23.9 Å². The van der Waals surface area contributed by atoms with Crippen LogP contribution in [0.1, 0.15) is 51.9 Å². The second-order valence-electron chi connectivity index (χ2n) is 9.02. The Morgan fingerprint density at radius 3 is 1.58 bits per heavy atom. The van der Waals surface area contributed by atoms with E-state index in [4.69, 9.17) is 14.3 Å². The van der Waals surface area contributed by atoms with E-state index in [0.29, 0.717) is 30.3 Å². The zero-order valence-corrected chi connectivity index (χ0v) is 23.5. The number of quaternary nitrogens is 1. The van der Waals surface area contributed by atoms with Crippen molar-refractivity contribution < 1.29 is 19.1 Å². The lowest BCUT2D eigenvalue weighted by atomic mass is 10.1. The molecule has 0 aromatic heterocycles. The fraction of sp³-hybridized carbons (Fsp3) is 0.387. The van der Waals surface area contributed by atoms with Gasteiger partial charge in [0, 0.05) is 67.9 Å². The Kier molecular flexibility index (Phi) is 8.47. The zero-order valence-electron chi connectivity index (χ0n) is 23.5. The van der Waals surface area contributed by atoms with Crippen LogP contribution in [0.15, 0.2) is 60.7 Å². The van der Waals surface area contributed by atoms with E-state index in [-0.39, 0.29) is 10.6 Å². The van der Waals surface area contributed by atoms with E-state index in [0.717, 1.165) is 54.6 Å². The molecule has 0 fully saturated rings. The summed E-state index contributed by atoms with van der Waals surface area (Å²) in [6.07, 6.45) is 0. The highest BCUT2D eigenvalue weighted by Crippen LogP contribution is 2.56. The molecule has 7 heteroatoms. The molecule has 1 aliphatic heterocycles. The van der Waals surface area contributed by atoms with Gasteiger partial charge in [0.15, 0.2) is 11.5 Å². The lowest BCUT2D eigenvalue weighted by molar-refractivity contribution is -0.0160. The third kappa shape index (κ3) is 4.67. The first-order chi connectivity index (χ1) is 18.5. The number of ether oxygens (including phenoxy) is 2. The number of carbonyl (C=O) groups excluding carboxylic acids is 1. The number of rotatable bonds is 12. The van der Waals surface area contributed by atoms with Crippen LogP contribution in [0.3, 0.4) is 0 Å². The highest BCUT2D eigenvalue weighted by atomic mass is 16.8. The molecule has 0 spiro atoms. The first kappa shape index (κ1) is 27.3. The van der Waals surface area contributed by atoms with Crippen molar-refractivity contribution in [3.63, 3.8) is 0 Å². The lowest BCUT2D eigenvalue weighted by Crippen LogP contribution is -2.37. The van der Waals surface area contributed by atoms with Crippen LogP contribution in [0, 0.1) is 0 Å². The number of nitrogens with zero attached hydrogens (tertiary/aromatic N) is 3. The van der Waals surface area contributed by atoms with E-state index < -0.39 is 0 Å². The third-order valence-electron chi connectivity index (χ3n) is 7.11. The molecule has 38 heavy (non-hydrogen) atoms. The number of carbonyl (C=O) groups is 1. The van der Waals surface area contributed by atoms with Crippen LogP contribution in [0.2, 0.25) is 0 Å². The summed E-state index contributed by atoms with van der Waals surface area (Å²) in [6, 6.07) is 19.8. The normalized spacial score (nSPS) is 13.6. The summed E-state index contributed by atoms with van der Waals surface area (Å²) >= 11 is 0. The number of para-hydroxylation sites is 1. The van der Waals surface area contributed by atoms with Crippen molar-refractivity contribution in [3.05, 3.63) is 66.2 Å². The number of benzene rings is 3. The lowest BCUT2D eigenvalue weighted by Gasteiger charge is -2.32. The molecule has 1 heterocycles. The predicted molar refractivity (Wildman–Crippen MR) is 155 cm³/mol. The van der Waals surface area contributed by atoms with Crippen LogP contribution in [-0.4, -0.2) is 45.4 Å². The smallest absolute Gasteiger partial charge is 0.405 e. The number of hydrogen-bond donors (Lipinski definition) is 0. The Balaban J connectivity index is 2.04. The second kappa shape index (κ2) is 11.8. The van der Waals surface area contributed by atoms with Gasteiger partial charge in [-0.15, -0.1) is 0 Å². The maximum Gasteiger partial charge on any atom is 0.405 e. The van der Waals surface area contributed by atoms with E-state index in [1.165, 1.54) is 0 Å². The fourth-order valence-corrected chi connectivity index (χ4v) is 5.27. The summed E-state index contributed by atoms with van der Waals surface area (Å²) in [6.45, 7) is 16.9. The van der Waals surface area contributed by atoms with Crippen molar-refractivity contribution >= 4 is 34.4 Å². The number of fused-ring (bicyclic) bond motifs is 1. The zero-order chi connectivity index (χ0) is 27.3. The predicted octanol–water partition coefficient (Wildman–Crippen LogP) is 7.23. The van der Waals surface area contributed by atoms with Crippen LogP contribution in [0.25, 0.3) is 0 Å². The summed E-state index contributed by atoms with van der Waals surface area (Å²) in [5.41, 5.74) is 4.81. The van der Waals surface area contributed by atoms with Gasteiger partial charge in [0.2, 0.25) is 17.1 Å². The van der Waals surface area contributed by atoms with E-state index in [1.54, 1.807) is 0 Å². The quantitative estimate of drug-likeness (QED) is 0.236. The average molecular weight is 519 g/mol. The minimum absolute atomic E-state index is 0.267. The standard InChI is InChI=1S/C31H40N3O4/c1-7-32(8-2)23-17-19-27(29(21-23)36-11-5)34(26-16-14-13-15-25(26)31(35)38-34)28-20-18-24(33(9-3)10-4)22-30(28)37-12-6/h13-22H,7-12H2,1-6H3/q+1. The molecular weight excluding hydrogens is 478 g/mol. The average Bonchev–Trinajstić information content (AvgIpc) is 3.24. The van der Waals surface area contributed by atoms with Gasteiger partial charge in [-0.2, -0.15) is 0 Å². The molecule has 3 aromatic rings. The minimum Gasteiger partial charge on any atom is -0.488 e. The Hall–Kier alpha value is -3.71. The van der Waals surface area contributed by atoms with Crippen molar-refractivity contribution in [2.45, 2.75) is 41.5 Å². The molecule has 0 aliphatic carbocycles. The molecule has 0 amide bonds. The van der Waals surface area contributed by atoms with Gasteiger partial charge in [-0.1, -0.05) is 12.1 Å². The first-order valence-electron chi connectivity index (χ1n) is 13.8. The summed E-state index contributed by atoms with van der Waals surface area (Å²) in [5.74, 6) is 0.944. The highest BCUT2D eigenvalue weighted by molar-refractivity contribution is 6.02. The van der Waals surface area contributed by atoms with E-state index in [2.05, 4.69) is 49.6 Å². The molecule has 0 saturated carbocycles. The van der Waals surface area contributed by atoms with Gasteiger partial charge in [-0.25, -0.2) is 4.79 Å². The molecule has 0 radical (unpaired) electrons. The summed E-state index contributed by atoms with van der Waals surface area (Å²) in [7, 11) is 0. The largest absolute Gasteiger partial charge is 0.488 e. The number of anilines is 2. The SMILES string of the molecule is CCOc1cc(N(CC)CC)ccc1[N+]1(c2ccc(N(CC)CC)cc2OCC)OC(=O)c2ccccc21. The topological polar surface area (TPSA) is 51.2 Å². The van der Waals surface area contributed by atoms with Crippen LogP contribution >= 0.6 is 0 Å². The van der Waals surface area contributed by atoms with Gasteiger partial charge in [0.25, 0.3) is 0 Å². The van der Waals surface area contributed by atoms with Crippen LogP contribution in [0.4, 0.5) is 28.4 Å². The van der Waals surface area contributed by atoms with Crippen molar-refractivity contribution in [3.8, 4) is 11.5 Å². The molecule has 202 valence electrons. The van der Waals surface area contributed by atoms with Crippen molar-refractivity contribution in [2.24, 2.45) is 0 Å². The van der Waals surface area contributed by atoms with Gasteiger partial charge >= 0.3 is 5.97 Å². The molecule has 0 N–H and O–H groups in total. The maximum atomic E-state index is 13.4. The van der Waals surface area contributed by atoms with E-state index in [9.17, 15) is 4.79 Å². The highest BCUT2D eigenvalue weighted by Gasteiger charge is 2.54. The third-order valence-corrected chi connectivity index (χ3v) is 7.11. The fourth-order valence-electron chi connectivity index (χ4n) is 5.27. The van der Waals surface area contributed by atoms with Crippen molar-refractivity contribution in [2.75, 3.05) is 49.2 Å². The minimum atomic E-state index is -0.383. The van der Waals surface area contributed by atoms with Crippen molar-refractivity contribution in [1.29, 1.82) is 0 Å². The summed E-state index contributed by atoms with van der Waals surface area (Å²) < 4.78 is 12.2. The number of hydrogen-bond acceptors (Lipinski definition) is 6. The molecule has 0 unspecified atom stereocenters. The Labute approximate surface area is 226 Å². The molecule has 0 saturated heterocycles. The molecule has 3 aromatic carbocycles. The molecule has 0 bridgehead atoms. The molecule has 7 nitrogen and oxygen atoms in total. The van der Waals surface area contributed by atoms with Crippen molar-refractivity contribution in [1.82, 2.24) is 4.65 Å². The van der Waals surface area contributed by atoms with Gasteiger partial charge in [-0.3, -0.25) is 4.84 Å². The molecular formula is C31H40N3O4+. The van der Waals surface area contributed by atoms with Crippen LogP contribution in [-0.2, 0) is 4.84 Å². The Morgan fingerprint density at radius 1 is 0.658 bits per heavy atom. The van der Waals surface area contributed by atoms with E-state index >= 15 is 0 Å². The van der Waals surface area contributed by atoms with Gasteiger partial charge < -0.3 is 19.3 Å². The molecule has 4 rings (SSSR count).